The molecule has 0 aliphatic carbocycles. The van der Waals surface area contributed by atoms with Crippen LogP contribution >= 0.6 is 23.2 Å². The standard InChI is InChI=1S/C16H14Cl2FNO5S/c1-24-12-6-7-13(16(18)15(12)17)26(22,23)20(9-14(21)25-2)11-5-3-4-10(19)8-11/h3-8H,9H2,1-2H3. The second-order valence-corrected chi connectivity index (χ2v) is 7.55. The van der Waals surface area contributed by atoms with E-state index in [1.165, 1.54) is 31.4 Å². The monoisotopic (exact) mass is 421 g/mol. The number of carbonyl (C=O) groups excluding carboxylic acids is 1. The molecule has 0 saturated heterocycles. The maximum absolute atomic E-state index is 13.6. The maximum atomic E-state index is 13.6. The highest BCUT2D eigenvalue weighted by Crippen LogP contribution is 2.38. The summed E-state index contributed by atoms with van der Waals surface area (Å²) in [5.41, 5.74) is -0.0709. The van der Waals surface area contributed by atoms with Crippen molar-refractivity contribution in [3.8, 4) is 5.75 Å². The van der Waals surface area contributed by atoms with Gasteiger partial charge in [-0.2, -0.15) is 0 Å². The first-order valence-corrected chi connectivity index (χ1v) is 9.29. The third-order valence-corrected chi connectivity index (χ3v) is 6.19. The van der Waals surface area contributed by atoms with Crippen LogP contribution in [0.25, 0.3) is 0 Å². The molecule has 0 atom stereocenters. The first-order chi connectivity index (χ1) is 12.2. The van der Waals surface area contributed by atoms with Gasteiger partial charge in [0.15, 0.2) is 0 Å². The predicted molar refractivity (Wildman–Crippen MR) is 96.0 cm³/mol. The summed E-state index contributed by atoms with van der Waals surface area (Å²) in [6, 6.07) is 7.27. The van der Waals surface area contributed by atoms with E-state index in [9.17, 15) is 17.6 Å². The summed E-state index contributed by atoms with van der Waals surface area (Å²) < 4.78 is 49.9. The summed E-state index contributed by atoms with van der Waals surface area (Å²) >= 11 is 12.1. The summed E-state index contributed by atoms with van der Waals surface area (Å²) in [5.74, 6) is -1.33. The van der Waals surface area contributed by atoms with Crippen LogP contribution in [0.15, 0.2) is 41.3 Å². The molecule has 0 aromatic heterocycles. The van der Waals surface area contributed by atoms with E-state index in [4.69, 9.17) is 27.9 Å². The molecule has 0 aliphatic heterocycles. The average Bonchev–Trinajstić information content (AvgIpc) is 2.61. The van der Waals surface area contributed by atoms with E-state index in [0.717, 1.165) is 19.2 Å². The molecule has 6 nitrogen and oxygen atoms in total. The second-order valence-electron chi connectivity index (χ2n) is 4.96. The SMILES string of the molecule is COC(=O)CN(c1cccc(F)c1)S(=O)(=O)c1ccc(OC)c(Cl)c1Cl. The Labute approximate surface area is 160 Å². The van der Waals surface area contributed by atoms with Gasteiger partial charge in [-0.3, -0.25) is 9.10 Å². The number of halogens is 3. The quantitative estimate of drug-likeness (QED) is 0.667. The van der Waals surface area contributed by atoms with Gasteiger partial charge in [-0.05, 0) is 30.3 Å². The molecule has 0 bridgehead atoms. The zero-order valence-corrected chi connectivity index (χ0v) is 16.0. The lowest BCUT2D eigenvalue weighted by molar-refractivity contribution is -0.138. The topological polar surface area (TPSA) is 72.9 Å². The maximum Gasteiger partial charge on any atom is 0.326 e. The molecule has 2 rings (SSSR count). The number of rotatable bonds is 6. The van der Waals surface area contributed by atoms with Gasteiger partial charge in [0.1, 0.15) is 28.0 Å². The minimum absolute atomic E-state index is 0.0709. The van der Waals surface area contributed by atoms with E-state index in [1.807, 2.05) is 0 Å². The molecule has 0 amide bonds. The van der Waals surface area contributed by atoms with Crippen molar-refractivity contribution < 1.29 is 27.1 Å². The molecule has 0 N–H and O–H groups in total. The van der Waals surface area contributed by atoms with Crippen molar-refractivity contribution in [2.24, 2.45) is 0 Å². The van der Waals surface area contributed by atoms with Crippen LogP contribution in [0.3, 0.4) is 0 Å². The third kappa shape index (κ3) is 4.03. The van der Waals surface area contributed by atoms with Crippen LogP contribution in [0.2, 0.25) is 10.0 Å². The van der Waals surface area contributed by atoms with Crippen LogP contribution in [0.5, 0.6) is 5.75 Å². The van der Waals surface area contributed by atoms with Gasteiger partial charge in [0, 0.05) is 0 Å². The Morgan fingerprint density at radius 2 is 1.85 bits per heavy atom. The molecule has 140 valence electrons. The molecule has 0 unspecified atom stereocenters. The van der Waals surface area contributed by atoms with Gasteiger partial charge in [-0.15, -0.1) is 0 Å². The lowest BCUT2D eigenvalue weighted by Gasteiger charge is -2.24. The highest BCUT2D eigenvalue weighted by atomic mass is 35.5. The number of esters is 1. The molecule has 2 aromatic carbocycles. The number of carbonyl (C=O) groups is 1. The van der Waals surface area contributed by atoms with Crippen molar-refractivity contribution in [2.75, 3.05) is 25.1 Å². The van der Waals surface area contributed by atoms with E-state index in [-0.39, 0.29) is 26.4 Å². The van der Waals surface area contributed by atoms with Crippen molar-refractivity contribution >= 4 is 44.9 Å². The lowest BCUT2D eigenvalue weighted by Crippen LogP contribution is -2.36. The van der Waals surface area contributed by atoms with Crippen molar-refractivity contribution in [3.05, 3.63) is 52.3 Å². The van der Waals surface area contributed by atoms with Crippen LogP contribution in [0.4, 0.5) is 10.1 Å². The van der Waals surface area contributed by atoms with Crippen molar-refractivity contribution in [1.82, 2.24) is 0 Å². The highest BCUT2D eigenvalue weighted by Gasteiger charge is 2.31. The summed E-state index contributed by atoms with van der Waals surface area (Å²) in [6.07, 6.45) is 0. The summed E-state index contributed by atoms with van der Waals surface area (Å²) in [5, 5.41) is -0.384. The van der Waals surface area contributed by atoms with Crippen LogP contribution < -0.4 is 9.04 Å². The van der Waals surface area contributed by atoms with Crippen LogP contribution in [0.1, 0.15) is 0 Å². The molecular weight excluding hydrogens is 408 g/mol. The lowest BCUT2D eigenvalue weighted by atomic mass is 10.3. The smallest absolute Gasteiger partial charge is 0.326 e. The normalized spacial score (nSPS) is 11.1. The molecule has 0 spiro atoms. The fourth-order valence-electron chi connectivity index (χ4n) is 2.12. The zero-order valence-electron chi connectivity index (χ0n) is 13.7. The fraction of sp³-hybridized carbons (Fsp3) is 0.188. The minimum Gasteiger partial charge on any atom is -0.495 e. The first-order valence-electron chi connectivity index (χ1n) is 7.09. The van der Waals surface area contributed by atoms with Gasteiger partial charge >= 0.3 is 5.97 Å². The number of sulfonamides is 1. The molecule has 0 saturated carbocycles. The Bertz CT molecular complexity index is 936. The van der Waals surface area contributed by atoms with E-state index in [2.05, 4.69) is 4.74 Å². The van der Waals surface area contributed by atoms with Crippen LogP contribution in [-0.2, 0) is 19.6 Å². The number of benzene rings is 2. The summed E-state index contributed by atoms with van der Waals surface area (Å²) in [6.45, 7) is -0.678. The van der Waals surface area contributed by atoms with Crippen LogP contribution in [0, 0.1) is 5.82 Å². The van der Waals surface area contributed by atoms with Crippen LogP contribution in [-0.4, -0.2) is 35.2 Å². The van der Waals surface area contributed by atoms with Gasteiger partial charge in [-0.25, -0.2) is 12.8 Å². The second kappa shape index (κ2) is 8.11. The number of nitrogens with zero attached hydrogens (tertiary/aromatic N) is 1. The van der Waals surface area contributed by atoms with Crippen molar-refractivity contribution in [1.29, 1.82) is 0 Å². The molecule has 0 fully saturated rings. The average molecular weight is 422 g/mol. The van der Waals surface area contributed by atoms with E-state index < -0.39 is 28.4 Å². The molecule has 2 aromatic rings. The Balaban J connectivity index is 2.63. The van der Waals surface area contributed by atoms with Gasteiger partial charge in [-0.1, -0.05) is 29.3 Å². The van der Waals surface area contributed by atoms with Crippen molar-refractivity contribution in [3.63, 3.8) is 0 Å². The van der Waals surface area contributed by atoms with E-state index >= 15 is 0 Å². The predicted octanol–water partition coefficient (Wildman–Crippen LogP) is 3.51. The van der Waals surface area contributed by atoms with Crippen molar-refractivity contribution in [2.45, 2.75) is 4.90 Å². The fourth-order valence-corrected chi connectivity index (χ4v) is 4.34. The third-order valence-electron chi connectivity index (χ3n) is 3.40. The van der Waals surface area contributed by atoms with E-state index in [0.29, 0.717) is 4.31 Å². The zero-order chi connectivity index (χ0) is 19.5. The Morgan fingerprint density at radius 3 is 2.42 bits per heavy atom. The largest absolute Gasteiger partial charge is 0.495 e. The van der Waals surface area contributed by atoms with Gasteiger partial charge in [0.25, 0.3) is 10.0 Å². The van der Waals surface area contributed by atoms with Gasteiger partial charge < -0.3 is 9.47 Å². The highest BCUT2D eigenvalue weighted by molar-refractivity contribution is 7.93. The Kier molecular flexibility index (Phi) is 6.33. The Hall–Kier alpha value is -2.03. The summed E-state index contributed by atoms with van der Waals surface area (Å²) in [7, 11) is -1.90. The van der Waals surface area contributed by atoms with Gasteiger partial charge in [0.2, 0.25) is 0 Å². The number of ether oxygens (including phenoxy) is 2. The molecule has 0 heterocycles. The number of anilines is 1. The van der Waals surface area contributed by atoms with E-state index in [1.54, 1.807) is 0 Å². The Morgan fingerprint density at radius 1 is 1.15 bits per heavy atom. The summed E-state index contributed by atoms with van der Waals surface area (Å²) in [4.78, 5) is 11.3. The molecular formula is C16H14Cl2FNO5S. The molecule has 0 aliphatic rings. The minimum atomic E-state index is -4.36. The first kappa shape index (κ1) is 20.3. The number of hydrogen-bond donors (Lipinski definition) is 0. The molecule has 26 heavy (non-hydrogen) atoms. The number of methoxy groups -OCH3 is 2. The number of hydrogen-bond acceptors (Lipinski definition) is 5. The van der Waals surface area contributed by atoms with Gasteiger partial charge in [0.05, 0.1) is 24.9 Å². The molecule has 0 radical (unpaired) electrons. The molecule has 10 heteroatoms.